The number of rotatable bonds is 4. The molecule has 1 rings (SSSR count). The highest BCUT2D eigenvalue weighted by atomic mass is 15.3. The van der Waals surface area contributed by atoms with Crippen molar-refractivity contribution in [3.05, 3.63) is 0 Å². The molecule has 0 aromatic heterocycles. The van der Waals surface area contributed by atoms with E-state index < -0.39 is 0 Å². The standard InChI is InChI=1S/C8H18N2/c1-4-7(2)10-6-8(10)5-9-3/h7-9H,4-6H2,1-3H3. The zero-order chi connectivity index (χ0) is 7.56. The fraction of sp³-hybridized carbons (Fsp3) is 1.00. The first kappa shape index (κ1) is 8.02. The van der Waals surface area contributed by atoms with E-state index in [2.05, 4.69) is 24.1 Å². The maximum atomic E-state index is 3.20. The molecule has 0 aromatic carbocycles. The van der Waals surface area contributed by atoms with Gasteiger partial charge in [0.05, 0.1) is 0 Å². The Balaban J connectivity index is 2.12. The van der Waals surface area contributed by atoms with Gasteiger partial charge in [-0.05, 0) is 20.4 Å². The van der Waals surface area contributed by atoms with Crippen LogP contribution in [0.1, 0.15) is 20.3 Å². The average Bonchev–Trinajstić information content (AvgIpc) is 2.67. The van der Waals surface area contributed by atoms with Crippen LogP contribution < -0.4 is 5.32 Å². The molecule has 0 aliphatic carbocycles. The summed E-state index contributed by atoms with van der Waals surface area (Å²) in [5, 5.41) is 3.20. The predicted octanol–water partition coefficient (Wildman–Crippen LogP) is 0.688. The van der Waals surface area contributed by atoms with E-state index in [0.29, 0.717) is 0 Å². The lowest BCUT2D eigenvalue weighted by molar-refractivity contribution is 0.381. The molecule has 0 amide bonds. The SMILES string of the molecule is CCC(C)N1CC1CNC. The summed E-state index contributed by atoms with van der Waals surface area (Å²) in [6.07, 6.45) is 1.28. The third-order valence-electron chi connectivity index (χ3n) is 2.35. The second-order valence-electron chi connectivity index (χ2n) is 3.17. The van der Waals surface area contributed by atoms with Gasteiger partial charge in [-0.2, -0.15) is 0 Å². The molecular formula is C8H18N2. The monoisotopic (exact) mass is 142 g/mol. The van der Waals surface area contributed by atoms with E-state index in [1.807, 2.05) is 7.05 Å². The van der Waals surface area contributed by atoms with E-state index in [4.69, 9.17) is 0 Å². The van der Waals surface area contributed by atoms with Gasteiger partial charge in [-0.1, -0.05) is 6.92 Å². The van der Waals surface area contributed by atoms with E-state index >= 15 is 0 Å². The maximum absolute atomic E-state index is 3.20. The van der Waals surface area contributed by atoms with Crippen LogP contribution in [0.25, 0.3) is 0 Å². The Kier molecular flexibility index (Phi) is 2.69. The third kappa shape index (κ3) is 1.70. The van der Waals surface area contributed by atoms with Gasteiger partial charge in [0.1, 0.15) is 0 Å². The average molecular weight is 142 g/mol. The molecule has 2 heteroatoms. The zero-order valence-electron chi connectivity index (χ0n) is 7.22. The van der Waals surface area contributed by atoms with Gasteiger partial charge >= 0.3 is 0 Å². The summed E-state index contributed by atoms with van der Waals surface area (Å²) >= 11 is 0. The summed E-state index contributed by atoms with van der Waals surface area (Å²) in [7, 11) is 2.02. The fourth-order valence-corrected chi connectivity index (χ4v) is 1.39. The van der Waals surface area contributed by atoms with Gasteiger partial charge in [0.15, 0.2) is 0 Å². The Morgan fingerprint density at radius 1 is 1.70 bits per heavy atom. The van der Waals surface area contributed by atoms with E-state index in [1.165, 1.54) is 13.0 Å². The summed E-state index contributed by atoms with van der Waals surface area (Å²) in [6, 6.07) is 1.62. The first-order valence-electron chi connectivity index (χ1n) is 4.20. The second-order valence-corrected chi connectivity index (χ2v) is 3.17. The highest BCUT2D eigenvalue weighted by Gasteiger charge is 2.35. The van der Waals surface area contributed by atoms with Crippen molar-refractivity contribution in [3.8, 4) is 0 Å². The molecule has 0 aromatic rings. The lowest BCUT2D eigenvalue weighted by Crippen LogP contribution is -2.22. The third-order valence-corrected chi connectivity index (χ3v) is 2.35. The van der Waals surface area contributed by atoms with Crippen molar-refractivity contribution in [3.63, 3.8) is 0 Å². The van der Waals surface area contributed by atoms with Crippen LogP contribution in [-0.2, 0) is 0 Å². The first-order chi connectivity index (χ1) is 4.79. The minimum absolute atomic E-state index is 0.790. The molecule has 1 aliphatic heterocycles. The van der Waals surface area contributed by atoms with Crippen molar-refractivity contribution in [1.29, 1.82) is 0 Å². The Labute approximate surface area is 63.6 Å². The van der Waals surface area contributed by atoms with Crippen LogP contribution in [0.4, 0.5) is 0 Å². The van der Waals surface area contributed by atoms with Crippen molar-refractivity contribution in [2.75, 3.05) is 20.1 Å². The number of nitrogens with zero attached hydrogens (tertiary/aromatic N) is 1. The highest BCUT2D eigenvalue weighted by molar-refractivity contribution is 4.93. The highest BCUT2D eigenvalue weighted by Crippen LogP contribution is 2.21. The molecular weight excluding hydrogens is 124 g/mol. The van der Waals surface area contributed by atoms with Gasteiger partial charge in [-0.15, -0.1) is 0 Å². The van der Waals surface area contributed by atoms with E-state index in [9.17, 15) is 0 Å². The predicted molar refractivity (Wildman–Crippen MR) is 44.2 cm³/mol. The molecule has 1 aliphatic rings. The molecule has 1 heterocycles. The summed E-state index contributed by atoms with van der Waals surface area (Å²) in [5.41, 5.74) is 0. The molecule has 0 spiro atoms. The molecule has 60 valence electrons. The first-order valence-corrected chi connectivity index (χ1v) is 4.20. The van der Waals surface area contributed by atoms with Crippen LogP contribution in [-0.4, -0.2) is 37.1 Å². The maximum Gasteiger partial charge on any atom is 0.0351 e. The topological polar surface area (TPSA) is 15.0 Å². The lowest BCUT2D eigenvalue weighted by atomic mass is 10.3. The summed E-state index contributed by atoms with van der Waals surface area (Å²) in [5.74, 6) is 0. The molecule has 2 nitrogen and oxygen atoms in total. The number of hydrogen-bond donors (Lipinski definition) is 1. The number of likely N-dealkylation sites (N-methyl/N-ethyl adjacent to an activating group) is 1. The van der Waals surface area contributed by atoms with Crippen LogP contribution in [0.5, 0.6) is 0 Å². The number of nitrogens with one attached hydrogen (secondary N) is 1. The zero-order valence-corrected chi connectivity index (χ0v) is 7.22. The molecule has 10 heavy (non-hydrogen) atoms. The summed E-state index contributed by atoms with van der Waals surface area (Å²) in [6.45, 7) is 7.01. The van der Waals surface area contributed by atoms with Crippen molar-refractivity contribution < 1.29 is 0 Å². The van der Waals surface area contributed by atoms with Gasteiger partial charge in [0.25, 0.3) is 0 Å². The van der Waals surface area contributed by atoms with Gasteiger partial charge in [0, 0.05) is 25.2 Å². The minimum atomic E-state index is 0.790. The van der Waals surface area contributed by atoms with E-state index in [1.54, 1.807) is 0 Å². The Bertz CT molecular complexity index is 103. The number of hydrogen-bond acceptors (Lipinski definition) is 2. The summed E-state index contributed by atoms with van der Waals surface area (Å²) in [4.78, 5) is 2.54. The second kappa shape index (κ2) is 3.35. The van der Waals surface area contributed by atoms with Gasteiger partial charge in [-0.25, -0.2) is 0 Å². The van der Waals surface area contributed by atoms with Crippen molar-refractivity contribution >= 4 is 0 Å². The van der Waals surface area contributed by atoms with E-state index in [-0.39, 0.29) is 0 Å². The van der Waals surface area contributed by atoms with Gasteiger partial charge in [0.2, 0.25) is 0 Å². The smallest absolute Gasteiger partial charge is 0.0351 e. The molecule has 1 N–H and O–H groups in total. The Hall–Kier alpha value is -0.0800. The van der Waals surface area contributed by atoms with Gasteiger partial charge < -0.3 is 5.32 Å². The lowest BCUT2D eigenvalue weighted by Gasteiger charge is -2.10. The molecule has 3 unspecified atom stereocenters. The molecule has 0 bridgehead atoms. The normalized spacial score (nSPS) is 33.9. The van der Waals surface area contributed by atoms with Crippen molar-refractivity contribution in [2.24, 2.45) is 0 Å². The molecule has 0 radical (unpaired) electrons. The minimum Gasteiger partial charge on any atom is -0.318 e. The Morgan fingerprint density at radius 2 is 2.40 bits per heavy atom. The van der Waals surface area contributed by atoms with Crippen LogP contribution in [0.3, 0.4) is 0 Å². The van der Waals surface area contributed by atoms with Crippen LogP contribution in [0.15, 0.2) is 0 Å². The fourth-order valence-electron chi connectivity index (χ4n) is 1.39. The van der Waals surface area contributed by atoms with Crippen LogP contribution in [0.2, 0.25) is 0 Å². The van der Waals surface area contributed by atoms with Crippen molar-refractivity contribution in [1.82, 2.24) is 10.2 Å². The largest absolute Gasteiger partial charge is 0.318 e. The van der Waals surface area contributed by atoms with E-state index in [0.717, 1.165) is 18.6 Å². The molecule has 0 saturated carbocycles. The molecule has 3 atom stereocenters. The van der Waals surface area contributed by atoms with Crippen LogP contribution >= 0.6 is 0 Å². The van der Waals surface area contributed by atoms with Gasteiger partial charge in [-0.3, -0.25) is 4.90 Å². The summed E-state index contributed by atoms with van der Waals surface area (Å²) < 4.78 is 0. The molecule has 1 fully saturated rings. The quantitative estimate of drug-likeness (QED) is 0.581. The Morgan fingerprint density at radius 3 is 2.90 bits per heavy atom. The van der Waals surface area contributed by atoms with Crippen LogP contribution in [0, 0.1) is 0 Å². The van der Waals surface area contributed by atoms with Crippen molar-refractivity contribution in [2.45, 2.75) is 32.4 Å². The molecule has 1 saturated heterocycles.